The van der Waals surface area contributed by atoms with Crippen LogP contribution in [0.15, 0.2) is 24.3 Å². The minimum atomic E-state index is -0.126. The third-order valence-corrected chi connectivity index (χ3v) is 5.50. The summed E-state index contributed by atoms with van der Waals surface area (Å²) >= 11 is 1.80. The van der Waals surface area contributed by atoms with Gasteiger partial charge < -0.3 is 5.73 Å². The molecule has 2 aromatic rings. The Kier molecular flexibility index (Phi) is 3.42. The van der Waals surface area contributed by atoms with Crippen LogP contribution in [0.4, 0.5) is 0 Å². The first kappa shape index (κ1) is 15.0. The molecule has 1 aliphatic carbocycles. The molecule has 1 heterocycles. The van der Waals surface area contributed by atoms with E-state index in [9.17, 15) is 0 Å². The maximum atomic E-state index is 6.83. The van der Waals surface area contributed by atoms with Crippen molar-refractivity contribution >= 4 is 21.6 Å². The second-order valence-electron chi connectivity index (χ2n) is 8.47. The fourth-order valence-electron chi connectivity index (χ4n) is 4.81. The average Bonchev–Trinajstić information content (AvgIpc) is 2.64. The number of benzene rings is 1. The van der Waals surface area contributed by atoms with Gasteiger partial charge in [0.15, 0.2) is 0 Å². The first-order chi connectivity index (χ1) is 9.67. The SMILES string of the molecule is CC1(C)CC(C)(C)CC(N)(Cc2nc3ccccc3s2)C1. The van der Waals surface area contributed by atoms with Gasteiger partial charge in [0, 0.05) is 12.0 Å². The summed E-state index contributed by atoms with van der Waals surface area (Å²) in [7, 11) is 0. The lowest BCUT2D eigenvalue weighted by Gasteiger charge is -2.50. The van der Waals surface area contributed by atoms with E-state index in [0.29, 0.717) is 10.8 Å². The quantitative estimate of drug-likeness (QED) is 0.867. The van der Waals surface area contributed by atoms with Gasteiger partial charge in [-0.1, -0.05) is 39.8 Å². The summed E-state index contributed by atoms with van der Waals surface area (Å²) in [6.45, 7) is 9.42. The standard InChI is InChI=1S/C18H26N2S/c1-16(2)10-17(3,4)12-18(19,11-16)9-15-20-13-7-5-6-8-14(13)21-15/h5-8H,9-12,19H2,1-4H3. The Balaban J connectivity index is 1.88. The molecule has 114 valence electrons. The molecule has 1 aromatic carbocycles. The highest BCUT2D eigenvalue weighted by atomic mass is 32.1. The van der Waals surface area contributed by atoms with E-state index < -0.39 is 0 Å². The molecular formula is C18H26N2S. The molecule has 2 N–H and O–H groups in total. The first-order valence-corrected chi connectivity index (χ1v) is 8.62. The third kappa shape index (κ3) is 3.29. The summed E-state index contributed by atoms with van der Waals surface area (Å²) in [6.07, 6.45) is 4.32. The lowest BCUT2D eigenvalue weighted by molar-refractivity contribution is 0.0487. The van der Waals surface area contributed by atoms with Crippen LogP contribution in [0.5, 0.6) is 0 Å². The summed E-state index contributed by atoms with van der Waals surface area (Å²) in [6, 6.07) is 8.37. The highest BCUT2D eigenvalue weighted by molar-refractivity contribution is 7.18. The Morgan fingerprint density at radius 3 is 2.29 bits per heavy atom. The lowest BCUT2D eigenvalue weighted by Crippen LogP contribution is -2.53. The van der Waals surface area contributed by atoms with E-state index in [2.05, 4.69) is 52.0 Å². The van der Waals surface area contributed by atoms with Gasteiger partial charge in [-0.2, -0.15) is 0 Å². The first-order valence-electron chi connectivity index (χ1n) is 7.80. The topological polar surface area (TPSA) is 38.9 Å². The highest BCUT2D eigenvalue weighted by Crippen LogP contribution is 2.50. The van der Waals surface area contributed by atoms with Crippen molar-refractivity contribution in [1.29, 1.82) is 0 Å². The molecule has 0 aliphatic heterocycles. The van der Waals surface area contributed by atoms with Gasteiger partial charge in [-0.3, -0.25) is 0 Å². The number of thiazole rings is 1. The largest absolute Gasteiger partial charge is 0.325 e. The zero-order valence-corrected chi connectivity index (χ0v) is 14.4. The van der Waals surface area contributed by atoms with Crippen molar-refractivity contribution in [3.05, 3.63) is 29.3 Å². The van der Waals surface area contributed by atoms with Crippen molar-refractivity contribution in [1.82, 2.24) is 4.98 Å². The predicted octanol–water partition coefficient (Wildman–Crippen LogP) is 4.77. The second-order valence-corrected chi connectivity index (χ2v) is 9.59. The highest BCUT2D eigenvalue weighted by Gasteiger charge is 2.45. The molecule has 1 aromatic heterocycles. The summed E-state index contributed by atoms with van der Waals surface area (Å²) in [5.74, 6) is 0. The Morgan fingerprint density at radius 2 is 1.67 bits per heavy atom. The van der Waals surface area contributed by atoms with Crippen LogP contribution in [-0.2, 0) is 6.42 Å². The van der Waals surface area contributed by atoms with Crippen LogP contribution in [0.25, 0.3) is 10.2 Å². The van der Waals surface area contributed by atoms with E-state index >= 15 is 0 Å². The third-order valence-electron chi connectivity index (χ3n) is 4.46. The minimum absolute atomic E-state index is 0.126. The van der Waals surface area contributed by atoms with E-state index in [0.717, 1.165) is 24.8 Å². The Labute approximate surface area is 131 Å². The fourth-order valence-corrected chi connectivity index (χ4v) is 5.93. The fraction of sp³-hybridized carbons (Fsp3) is 0.611. The lowest BCUT2D eigenvalue weighted by atomic mass is 9.58. The smallest absolute Gasteiger partial charge is 0.0956 e. The van der Waals surface area contributed by atoms with Crippen LogP contribution >= 0.6 is 11.3 Å². The molecule has 0 spiro atoms. The Bertz CT molecular complexity index is 605. The number of fused-ring (bicyclic) bond motifs is 1. The molecule has 21 heavy (non-hydrogen) atoms. The van der Waals surface area contributed by atoms with Crippen molar-refractivity contribution in [2.75, 3.05) is 0 Å². The van der Waals surface area contributed by atoms with E-state index in [1.165, 1.54) is 16.1 Å². The van der Waals surface area contributed by atoms with E-state index in [4.69, 9.17) is 10.7 Å². The molecule has 1 fully saturated rings. The normalized spacial score (nSPS) is 23.3. The van der Waals surface area contributed by atoms with Gasteiger partial charge in [0.2, 0.25) is 0 Å². The molecular weight excluding hydrogens is 276 g/mol. The minimum Gasteiger partial charge on any atom is -0.325 e. The number of hydrogen-bond donors (Lipinski definition) is 1. The van der Waals surface area contributed by atoms with Crippen LogP contribution in [0.3, 0.4) is 0 Å². The van der Waals surface area contributed by atoms with Crippen molar-refractivity contribution < 1.29 is 0 Å². The maximum Gasteiger partial charge on any atom is 0.0956 e. The number of hydrogen-bond acceptors (Lipinski definition) is 3. The van der Waals surface area contributed by atoms with Crippen LogP contribution in [0.1, 0.15) is 52.0 Å². The molecule has 0 saturated heterocycles. The van der Waals surface area contributed by atoms with Crippen LogP contribution in [0.2, 0.25) is 0 Å². The Hall–Kier alpha value is -0.930. The second kappa shape index (κ2) is 4.79. The van der Waals surface area contributed by atoms with Crippen LogP contribution < -0.4 is 5.73 Å². The summed E-state index contributed by atoms with van der Waals surface area (Å²) < 4.78 is 1.27. The summed E-state index contributed by atoms with van der Waals surface area (Å²) in [4.78, 5) is 4.79. The number of rotatable bonds is 2. The Morgan fingerprint density at radius 1 is 1.05 bits per heavy atom. The molecule has 3 rings (SSSR count). The van der Waals surface area contributed by atoms with Crippen LogP contribution in [0, 0.1) is 10.8 Å². The molecule has 0 amide bonds. The van der Waals surface area contributed by atoms with E-state index in [1.807, 2.05) is 0 Å². The molecule has 1 saturated carbocycles. The zero-order chi connectivity index (χ0) is 15.3. The van der Waals surface area contributed by atoms with Crippen molar-refractivity contribution in [2.24, 2.45) is 16.6 Å². The van der Waals surface area contributed by atoms with Crippen molar-refractivity contribution in [2.45, 2.75) is 58.9 Å². The molecule has 1 aliphatic rings. The summed E-state index contributed by atoms with van der Waals surface area (Å²) in [5, 5.41) is 1.19. The van der Waals surface area contributed by atoms with Gasteiger partial charge in [-0.05, 0) is 42.2 Å². The molecule has 0 bridgehead atoms. The molecule has 0 atom stereocenters. The van der Waals surface area contributed by atoms with Crippen LogP contribution in [-0.4, -0.2) is 10.5 Å². The number of nitrogens with zero attached hydrogens (tertiary/aromatic N) is 1. The van der Waals surface area contributed by atoms with Gasteiger partial charge in [0.05, 0.1) is 15.2 Å². The molecule has 0 unspecified atom stereocenters. The summed E-state index contributed by atoms with van der Waals surface area (Å²) in [5.41, 5.74) is 8.44. The van der Waals surface area contributed by atoms with Gasteiger partial charge in [-0.15, -0.1) is 11.3 Å². The number of para-hydroxylation sites is 1. The monoisotopic (exact) mass is 302 g/mol. The average molecular weight is 302 g/mol. The molecule has 2 nitrogen and oxygen atoms in total. The number of aromatic nitrogens is 1. The van der Waals surface area contributed by atoms with Crippen molar-refractivity contribution in [3.63, 3.8) is 0 Å². The van der Waals surface area contributed by atoms with E-state index in [-0.39, 0.29) is 5.54 Å². The van der Waals surface area contributed by atoms with Gasteiger partial charge in [-0.25, -0.2) is 4.98 Å². The van der Waals surface area contributed by atoms with E-state index in [1.54, 1.807) is 11.3 Å². The van der Waals surface area contributed by atoms with Gasteiger partial charge in [0.1, 0.15) is 0 Å². The predicted molar refractivity (Wildman–Crippen MR) is 91.7 cm³/mol. The maximum absolute atomic E-state index is 6.83. The van der Waals surface area contributed by atoms with Gasteiger partial charge in [0.25, 0.3) is 0 Å². The molecule has 3 heteroatoms. The van der Waals surface area contributed by atoms with Gasteiger partial charge >= 0.3 is 0 Å². The van der Waals surface area contributed by atoms with Crippen molar-refractivity contribution in [3.8, 4) is 0 Å². The zero-order valence-electron chi connectivity index (χ0n) is 13.6. The number of nitrogens with two attached hydrogens (primary N) is 1. The molecule has 0 radical (unpaired) electrons.